The van der Waals surface area contributed by atoms with Crippen molar-refractivity contribution in [2.24, 2.45) is 0 Å². The SMILES string of the molecule is Cc1ccccc1[C@H]1CN[C@H](C)CO1. The fourth-order valence-electron chi connectivity index (χ4n) is 1.83. The van der Waals surface area contributed by atoms with Gasteiger partial charge in [-0.3, -0.25) is 0 Å². The molecular weight excluding hydrogens is 174 g/mol. The minimum atomic E-state index is 0.229. The first-order valence-electron chi connectivity index (χ1n) is 5.18. The molecule has 76 valence electrons. The van der Waals surface area contributed by atoms with Gasteiger partial charge in [0, 0.05) is 12.6 Å². The van der Waals surface area contributed by atoms with Gasteiger partial charge in [-0.25, -0.2) is 0 Å². The van der Waals surface area contributed by atoms with Crippen LogP contribution >= 0.6 is 0 Å². The van der Waals surface area contributed by atoms with Gasteiger partial charge in [0.15, 0.2) is 0 Å². The quantitative estimate of drug-likeness (QED) is 0.733. The van der Waals surface area contributed by atoms with Gasteiger partial charge in [-0.1, -0.05) is 24.3 Å². The number of hydrogen-bond acceptors (Lipinski definition) is 2. The number of benzene rings is 1. The van der Waals surface area contributed by atoms with Gasteiger partial charge in [0.1, 0.15) is 0 Å². The smallest absolute Gasteiger partial charge is 0.0952 e. The summed E-state index contributed by atoms with van der Waals surface area (Å²) in [5.74, 6) is 0. The fourth-order valence-corrected chi connectivity index (χ4v) is 1.83. The summed E-state index contributed by atoms with van der Waals surface area (Å²) in [6.07, 6.45) is 0.229. The molecule has 2 rings (SSSR count). The molecule has 0 unspecified atom stereocenters. The molecule has 1 fully saturated rings. The van der Waals surface area contributed by atoms with Crippen LogP contribution in [0.25, 0.3) is 0 Å². The molecule has 1 aliphatic rings. The maximum Gasteiger partial charge on any atom is 0.0952 e. The minimum Gasteiger partial charge on any atom is -0.371 e. The summed E-state index contributed by atoms with van der Waals surface area (Å²) < 4.78 is 5.79. The van der Waals surface area contributed by atoms with Crippen LogP contribution in [0.2, 0.25) is 0 Å². The molecule has 1 aliphatic heterocycles. The first-order chi connectivity index (χ1) is 6.77. The molecule has 0 amide bonds. The zero-order chi connectivity index (χ0) is 9.97. The van der Waals surface area contributed by atoms with E-state index in [1.807, 2.05) is 0 Å². The van der Waals surface area contributed by atoms with Crippen molar-refractivity contribution in [1.82, 2.24) is 5.32 Å². The standard InChI is InChI=1S/C12H17NO/c1-9-5-3-4-6-11(9)12-7-13-10(2)8-14-12/h3-6,10,12-13H,7-8H2,1-2H3/t10-,12-/m1/s1. The van der Waals surface area contributed by atoms with Crippen LogP contribution in [0.15, 0.2) is 24.3 Å². The molecule has 2 heteroatoms. The molecule has 2 nitrogen and oxygen atoms in total. The highest BCUT2D eigenvalue weighted by molar-refractivity contribution is 5.28. The first-order valence-corrected chi connectivity index (χ1v) is 5.18. The predicted molar refractivity (Wildman–Crippen MR) is 57.3 cm³/mol. The van der Waals surface area contributed by atoms with Crippen molar-refractivity contribution in [3.8, 4) is 0 Å². The number of morpholine rings is 1. The molecule has 0 bridgehead atoms. The molecule has 2 atom stereocenters. The van der Waals surface area contributed by atoms with Crippen molar-refractivity contribution >= 4 is 0 Å². The second kappa shape index (κ2) is 4.11. The van der Waals surface area contributed by atoms with E-state index in [0.29, 0.717) is 6.04 Å². The van der Waals surface area contributed by atoms with E-state index >= 15 is 0 Å². The summed E-state index contributed by atoms with van der Waals surface area (Å²) in [5.41, 5.74) is 2.63. The highest BCUT2D eigenvalue weighted by Gasteiger charge is 2.20. The van der Waals surface area contributed by atoms with Gasteiger partial charge in [-0.05, 0) is 25.0 Å². The van der Waals surface area contributed by atoms with Gasteiger partial charge < -0.3 is 10.1 Å². The molecule has 0 aliphatic carbocycles. The van der Waals surface area contributed by atoms with Crippen molar-refractivity contribution < 1.29 is 4.74 Å². The van der Waals surface area contributed by atoms with Gasteiger partial charge in [-0.15, -0.1) is 0 Å². The normalized spacial score (nSPS) is 27.6. The number of nitrogens with one attached hydrogen (secondary N) is 1. The van der Waals surface area contributed by atoms with Crippen molar-refractivity contribution in [2.75, 3.05) is 13.2 Å². The molecule has 0 spiro atoms. The predicted octanol–water partition coefficient (Wildman–Crippen LogP) is 2.04. The Hall–Kier alpha value is -0.860. The van der Waals surface area contributed by atoms with Gasteiger partial charge in [0.2, 0.25) is 0 Å². The summed E-state index contributed by atoms with van der Waals surface area (Å²) in [7, 11) is 0. The maximum absolute atomic E-state index is 5.79. The van der Waals surface area contributed by atoms with Crippen LogP contribution in [0.3, 0.4) is 0 Å². The van der Waals surface area contributed by atoms with Crippen LogP contribution in [-0.2, 0) is 4.74 Å². The lowest BCUT2D eigenvalue weighted by atomic mass is 10.0. The highest BCUT2D eigenvalue weighted by atomic mass is 16.5. The van der Waals surface area contributed by atoms with E-state index in [1.54, 1.807) is 0 Å². The summed E-state index contributed by atoms with van der Waals surface area (Å²) in [6.45, 7) is 6.01. The average Bonchev–Trinajstić information content (AvgIpc) is 2.20. The molecule has 0 aromatic heterocycles. The second-order valence-electron chi connectivity index (χ2n) is 3.99. The molecule has 1 aromatic carbocycles. The number of rotatable bonds is 1. The fraction of sp³-hybridized carbons (Fsp3) is 0.500. The summed E-state index contributed by atoms with van der Waals surface area (Å²) in [6, 6.07) is 8.91. The molecule has 1 heterocycles. The third-order valence-corrected chi connectivity index (χ3v) is 2.73. The zero-order valence-corrected chi connectivity index (χ0v) is 8.79. The van der Waals surface area contributed by atoms with Gasteiger partial charge in [-0.2, -0.15) is 0 Å². The van der Waals surface area contributed by atoms with E-state index in [2.05, 4.69) is 43.4 Å². The van der Waals surface area contributed by atoms with Gasteiger partial charge in [0.25, 0.3) is 0 Å². The largest absolute Gasteiger partial charge is 0.371 e. The van der Waals surface area contributed by atoms with Crippen LogP contribution in [0.5, 0.6) is 0 Å². The summed E-state index contributed by atoms with van der Waals surface area (Å²) >= 11 is 0. The summed E-state index contributed by atoms with van der Waals surface area (Å²) in [4.78, 5) is 0. The number of ether oxygens (including phenoxy) is 1. The van der Waals surface area contributed by atoms with Crippen molar-refractivity contribution in [1.29, 1.82) is 0 Å². The summed E-state index contributed by atoms with van der Waals surface area (Å²) in [5, 5.41) is 3.43. The number of hydrogen-bond donors (Lipinski definition) is 1. The lowest BCUT2D eigenvalue weighted by Gasteiger charge is -2.29. The Balaban J connectivity index is 2.12. The molecule has 0 radical (unpaired) electrons. The maximum atomic E-state index is 5.79. The molecule has 1 saturated heterocycles. The lowest BCUT2D eigenvalue weighted by molar-refractivity contribution is 0.00661. The monoisotopic (exact) mass is 191 g/mol. The van der Waals surface area contributed by atoms with Crippen LogP contribution in [0, 0.1) is 6.92 Å². The van der Waals surface area contributed by atoms with Crippen LogP contribution < -0.4 is 5.32 Å². The third kappa shape index (κ3) is 1.97. The van der Waals surface area contributed by atoms with E-state index < -0.39 is 0 Å². The van der Waals surface area contributed by atoms with Gasteiger partial charge >= 0.3 is 0 Å². The van der Waals surface area contributed by atoms with Crippen LogP contribution in [0.1, 0.15) is 24.2 Å². The van der Waals surface area contributed by atoms with Crippen LogP contribution in [-0.4, -0.2) is 19.2 Å². The molecule has 1 N–H and O–H groups in total. The topological polar surface area (TPSA) is 21.3 Å². The molecule has 14 heavy (non-hydrogen) atoms. The van der Waals surface area contributed by atoms with Crippen LogP contribution in [0.4, 0.5) is 0 Å². The van der Waals surface area contributed by atoms with E-state index in [4.69, 9.17) is 4.74 Å². The van der Waals surface area contributed by atoms with E-state index in [0.717, 1.165) is 13.2 Å². The Morgan fingerprint density at radius 1 is 1.36 bits per heavy atom. The van der Waals surface area contributed by atoms with E-state index in [-0.39, 0.29) is 6.10 Å². The zero-order valence-electron chi connectivity index (χ0n) is 8.79. The Labute approximate surface area is 85.3 Å². The Bertz CT molecular complexity index is 303. The van der Waals surface area contributed by atoms with Crippen molar-refractivity contribution in [3.63, 3.8) is 0 Å². The lowest BCUT2D eigenvalue weighted by Crippen LogP contribution is -2.40. The average molecular weight is 191 g/mol. The Kier molecular flexibility index (Phi) is 2.85. The second-order valence-corrected chi connectivity index (χ2v) is 3.99. The van der Waals surface area contributed by atoms with Crippen molar-refractivity contribution in [2.45, 2.75) is 26.0 Å². The molecule has 0 saturated carbocycles. The highest BCUT2D eigenvalue weighted by Crippen LogP contribution is 2.22. The number of aryl methyl sites for hydroxylation is 1. The molecular formula is C12H17NO. The third-order valence-electron chi connectivity index (χ3n) is 2.73. The van der Waals surface area contributed by atoms with E-state index in [1.165, 1.54) is 11.1 Å². The van der Waals surface area contributed by atoms with Gasteiger partial charge in [0.05, 0.1) is 12.7 Å². The Morgan fingerprint density at radius 2 is 2.14 bits per heavy atom. The molecule has 1 aromatic rings. The minimum absolute atomic E-state index is 0.229. The van der Waals surface area contributed by atoms with E-state index in [9.17, 15) is 0 Å². The van der Waals surface area contributed by atoms with Crippen molar-refractivity contribution in [3.05, 3.63) is 35.4 Å². The first kappa shape index (κ1) is 9.69. The Morgan fingerprint density at radius 3 is 2.79 bits per heavy atom.